The van der Waals surface area contributed by atoms with E-state index in [9.17, 15) is 5.11 Å². The summed E-state index contributed by atoms with van der Waals surface area (Å²) in [4.78, 5) is 8.10. The van der Waals surface area contributed by atoms with Crippen LogP contribution >= 0.6 is 11.5 Å². The number of nitrogens with zero attached hydrogens (tertiary/aromatic N) is 3. The summed E-state index contributed by atoms with van der Waals surface area (Å²) in [5, 5.41) is 11.7. The van der Waals surface area contributed by atoms with Gasteiger partial charge in [-0.05, 0) is 30.6 Å². The molecule has 0 saturated heterocycles. The summed E-state index contributed by atoms with van der Waals surface area (Å²) in [5.74, 6) is 0.650. The largest absolute Gasteiger partial charge is 0.380 e. The van der Waals surface area contributed by atoms with Crippen molar-refractivity contribution in [1.82, 2.24) is 14.3 Å². The summed E-state index contributed by atoms with van der Waals surface area (Å²) >= 11 is 1.31. The third kappa shape index (κ3) is 1.78. The monoisotopic (exact) mass is 207 g/mol. The highest BCUT2D eigenvalue weighted by Crippen LogP contribution is 2.18. The molecular formula is C9H9N3OS. The Balaban J connectivity index is 2.32. The van der Waals surface area contributed by atoms with E-state index in [0.29, 0.717) is 17.2 Å². The highest BCUT2D eigenvalue weighted by atomic mass is 32.1. The molecule has 14 heavy (non-hydrogen) atoms. The van der Waals surface area contributed by atoms with Gasteiger partial charge in [0.25, 0.3) is 0 Å². The van der Waals surface area contributed by atoms with E-state index in [4.69, 9.17) is 0 Å². The molecule has 0 bridgehead atoms. The van der Waals surface area contributed by atoms with Gasteiger partial charge in [-0.1, -0.05) is 0 Å². The average molecular weight is 207 g/mol. The Morgan fingerprint density at radius 3 is 2.86 bits per heavy atom. The van der Waals surface area contributed by atoms with Crippen molar-refractivity contribution in [2.45, 2.75) is 13.0 Å². The molecule has 0 aliphatic carbocycles. The van der Waals surface area contributed by atoms with Gasteiger partial charge in [0.1, 0.15) is 11.9 Å². The molecule has 0 radical (unpaired) electrons. The number of aliphatic hydroxyl groups excluding tert-OH is 1. The lowest BCUT2D eigenvalue weighted by Gasteiger charge is -2.06. The summed E-state index contributed by atoms with van der Waals surface area (Å²) in [6, 6.07) is 3.48. The lowest BCUT2D eigenvalue weighted by molar-refractivity contribution is 0.211. The zero-order valence-corrected chi connectivity index (χ0v) is 8.40. The van der Waals surface area contributed by atoms with Crippen molar-refractivity contribution in [3.63, 3.8) is 0 Å². The SMILES string of the molecule is Cc1nccc(C(O)c2ccsn2)n1. The normalized spacial score (nSPS) is 12.7. The molecule has 1 atom stereocenters. The summed E-state index contributed by atoms with van der Waals surface area (Å²) in [5.41, 5.74) is 1.22. The fourth-order valence-corrected chi connectivity index (χ4v) is 1.68. The summed E-state index contributed by atoms with van der Waals surface area (Å²) in [6.07, 6.45) is 0.885. The van der Waals surface area contributed by atoms with Gasteiger partial charge in [0.2, 0.25) is 0 Å². The van der Waals surface area contributed by atoms with Crippen LogP contribution in [0.15, 0.2) is 23.7 Å². The van der Waals surface area contributed by atoms with Gasteiger partial charge in [-0.25, -0.2) is 9.97 Å². The smallest absolute Gasteiger partial charge is 0.139 e. The Morgan fingerprint density at radius 1 is 1.36 bits per heavy atom. The number of hydrogen-bond acceptors (Lipinski definition) is 5. The molecule has 0 aliphatic rings. The second-order valence-electron chi connectivity index (χ2n) is 2.86. The van der Waals surface area contributed by atoms with Crippen molar-refractivity contribution in [3.05, 3.63) is 40.9 Å². The average Bonchev–Trinajstić information content (AvgIpc) is 2.69. The summed E-state index contributed by atoms with van der Waals surface area (Å²) < 4.78 is 4.05. The van der Waals surface area contributed by atoms with E-state index in [2.05, 4.69) is 14.3 Å². The molecule has 1 N–H and O–H groups in total. The Labute approximate surface area is 85.5 Å². The zero-order valence-electron chi connectivity index (χ0n) is 7.58. The lowest BCUT2D eigenvalue weighted by Crippen LogP contribution is -2.04. The van der Waals surface area contributed by atoms with Crippen LogP contribution in [0.4, 0.5) is 0 Å². The van der Waals surface area contributed by atoms with Crippen LogP contribution in [0.3, 0.4) is 0 Å². The highest BCUT2D eigenvalue weighted by Gasteiger charge is 2.13. The van der Waals surface area contributed by atoms with E-state index in [-0.39, 0.29) is 0 Å². The quantitative estimate of drug-likeness (QED) is 0.807. The van der Waals surface area contributed by atoms with Crippen LogP contribution in [0.2, 0.25) is 0 Å². The van der Waals surface area contributed by atoms with Gasteiger partial charge in [0, 0.05) is 11.6 Å². The van der Waals surface area contributed by atoms with E-state index in [0.717, 1.165) is 0 Å². The topological polar surface area (TPSA) is 58.9 Å². The number of aryl methyl sites for hydroxylation is 1. The molecule has 2 rings (SSSR count). The standard InChI is InChI=1S/C9H9N3OS/c1-6-10-4-2-7(11-6)9(13)8-3-5-14-12-8/h2-5,9,13H,1H3. The molecule has 0 aromatic carbocycles. The summed E-state index contributed by atoms with van der Waals surface area (Å²) in [6.45, 7) is 1.79. The molecule has 2 heterocycles. The number of rotatable bonds is 2. The van der Waals surface area contributed by atoms with Crippen molar-refractivity contribution in [1.29, 1.82) is 0 Å². The predicted octanol–water partition coefficient (Wildman–Crippen LogP) is 1.32. The van der Waals surface area contributed by atoms with Gasteiger partial charge in [0.15, 0.2) is 0 Å². The second kappa shape index (κ2) is 3.81. The molecule has 72 valence electrons. The Bertz CT molecular complexity index is 416. The van der Waals surface area contributed by atoms with Crippen molar-refractivity contribution in [2.75, 3.05) is 0 Å². The fourth-order valence-electron chi connectivity index (χ4n) is 1.14. The molecule has 1 unspecified atom stereocenters. The minimum atomic E-state index is -0.747. The van der Waals surface area contributed by atoms with Crippen LogP contribution in [0.1, 0.15) is 23.3 Å². The molecule has 4 nitrogen and oxygen atoms in total. The minimum Gasteiger partial charge on any atom is -0.380 e. The van der Waals surface area contributed by atoms with Crippen LogP contribution < -0.4 is 0 Å². The van der Waals surface area contributed by atoms with Gasteiger partial charge >= 0.3 is 0 Å². The van der Waals surface area contributed by atoms with Gasteiger partial charge in [0.05, 0.1) is 11.4 Å². The van der Waals surface area contributed by atoms with Crippen LogP contribution in [0.5, 0.6) is 0 Å². The predicted molar refractivity (Wildman–Crippen MR) is 52.9 cm³/mol. The first-order valence-corrected chi connectivity index (χ1v) is 4.99. The fraction of sp³-hybridized carbons (Fsp3) is 0.222. The van der Waals surface area contributed by atoms with E-state index in [1.54, 1.807) is 25.3 Å². The van der Waals surface area contributed by atoms with Gasteiger partial charge in [-0.3, -0.25) is 0 Å². The minimum absolute atomic E-state index is 0.586. The van der Waals surface area contributed by atoms with E-state index < -0.39 is 6.10 Å². The summed E-state index contributed by atoms with van der Waals surface area (Å²) in [7, 11) is 0. The van der Waals surface area contributed by atoms with Crippen molar-refractivity contribution in [3.8, 4) is 0 Å². The molecule has 0 amide bonds. The van der Waals surface area contributed by atoms with Gasteiger partial charge in [-0.2, -0.15) is 4.37 Å². The second-order valence-corrected chi connectivity index (χ2v) is 3.52. The van der Waals surface area contributed by atoms with E-state index in [1.165, 1.54) is 11.5 Å². The first kappa shape index (κ1) is 9.23. The molecule has 0 aliphatic heterocycles. The first-order valence-electron chi connectivity index (χ1n) is 4.15. The maximum absolute atomic E-state index is 9.86. The van der Waals surface area contributed by atoms with Crippen molar-refractivity contribution >= 4 is 11.5 Å². The van der Waals surface area contributed by atoms with Crippen molar-refractivity contribution < 1.29 is 5.11 Å². The Morgan fingerprint density at radius 2 is 2.21 bits per heavy atom. The number of aliphatic hydroxyl groups is 1. The molecule has 2 aromatic heterocycles. The third-order valence-corrected chi connectivity index (χ3v) is 2.39. The van der Waals surface area contributed by atoms with Crippen LogP contribution in [-0.4, -0.2) is 19.4 Å². The van der Waals surface area contributed by atoms with Crippen LogP contribution in [-0.2, 0) is 0 Å². The third-order valence-electron chi connectivity index (χ3n) is 1.82. The van der Waals surface area contributed by atoms with Crippen LogP contribution in [0.25, 0.3) is 0 Å². The maximum atomic E-state index is 9.86. The molecule has 0 spiro atoms. The molecule has 0 saturated carbocycles. The molecule has 2 aromatic rings. The van der Waals surface area contributed by atoms with Crippen LogP contribution in [0, 0.1) is 6.92 Å². The molecule has 5 heteroatoms. The maximum Gasteiger partial charge on any atom is 0.139 e. The Kier molecular flexibility index (Phi) is 2.51. The molecular weight excluding hydrogens is 198 g/mol. The zero-order chi connectivity index (χ0) is 9.97. The van der Waals surface area contributed by atoms with E-state index >= 15 is 0 Å². The van der Waals surface area contributed by atoms with E-state index in [1.807, 2.05) is 5.38 Å². The Hall–Kier alpha value is -1.33. The van der Waals surface area contributed by atoms with Gasteiger partial charge < -0.3 is 5.11 Å². The van der Waals surface area contributed by atoms with Crippen molar-refractivity contribution in [2.24, 2.45) is 0 Å². The van der Waals surface area contributed by atoms with Gasteiger partial charge in [-0.15, -0.1) is 0 Å². The highest BCUT2D eigenvalue weighted by molar-refractivity contribution is 7.03. The number of hydrogen-bond donors (Lipinski definition) is 1. The molecule has 0 fully saturated rings. The first-order chi connectivity index (χ1) is 6.77. The number of aromatic nitrogens is 3. The lowest BCUT2D eigenvalue weighted by atomic mass is 10.2.